The zero-order chi connectivity index (χ0) is 14.1. The molecule has 1 N–H and O–H groups in total. The van der Waals surface area contributed by atoms with Crippen molar-refractivity contribution in [1.82, 2.24) is 5.32 Å². The predicted octanol–water partition coefficient (Wildman–Crippen LogP) is 4.48. The molecule has 0 saturated heterocycles. The molecule has 0 unspecified atom stereocenters. The number of hydrogen-bond acceptors (Lipinski definition) is 1. The molecule has 0 aromatic carbocycles. The van der Waals surface area contributed by atoms with E-state index >= 15 is 0 Å². The van der Waals surface area contributed by atoms with E-state index in [-0.39, 0.29) is 17.4 Å². The van der Waals surface area contributed by atoms with Crippen molar-refractivity contribution in [1.29, 1.82) is 0 Å². The fourth-order valence-corrected chi connectivity index (χ4v) is 0.792. The van der Waals surface area contributed by atoms with Crippen molar-refractivity contribution in [3.63, 3.8) is 0 Å². The van der Waals surface area contributed by atoms with E-state index in [9.17, 15) is 17.6 Å². The van der Waals surface area contributed by atoms with Crippen LogP contribution in [-0.2, 0) is 0 Å². The molecule has 0 rings (SSSR count). The van der Waals surface area contributed by atoms with E-state index in [2.05, 4.69) is 34.4 Å². The Labute approximate surface area is 107 Å². The molecular weight excluding hydrogens is 302 g/mol. The Morgan fingerprint density at radius 2 is 1.88 bits per heavy atom. The molecule has 0 spiro atoms. The molecule has 17 heavy (non-hydrogen) atoms. The Hall–Kier alpha value is -0.620. The van der Waals surface area contributed by atoms with E-state index < -0.39 is 17.6 Å². The maximum absolute atomic E-state index is 12.2. The van der Waals surface area contributed by atoms with Gasteiger partial charge in [0, 0.05) is 10.9 Å². The van der Waals surface area contributed by atoms with E-state index in [0.29, 0.717) is 0 Å². The second kappa shape index (κ2) is 9.41. The van der Waals surface area contributed by atoms with Crippen molar-refractivity contribution in [2.45, 2.75) is 19.3 Å². The molecule has 0 aliphatic carbocycles. The zero-order valence-corrected chi connectivity index (χ0v) is 11.4. The smallest absolute Gasteiger partial charge is 0.260 e. The second-order valence-corrected chi connectivity index (χ2v) is 3.97. The van der Waals surface area contributed by atoms with Crippen LogP contribution in [0.4, 0.5) is 17.6 Å². The lowest BCUT2D eigenvalue weighted by Crippen LogP contribution is -2.29. The van der Waals surface area contributed by atoms with Crippen molar-refractivity contribution in [3.8, 4) is 0 Å². The average molecular weight is 318 g/mol. The van der Waals surface area contributed by atoms with Crippen molar-refractivity contribution >= 4 is 15.9 Å². The molecule has 0 bridgehead atoms. The fraction of sp³-hybridized carbons (Fsp3) is 0.455. The third-order valence-corrected chi connectivity index (χ3v) is 1.93. The monoisotopic (exact) mass is 317 g/mol. The van der Waals surface area contributed by atoms with Gasteiger partial charge in [-0.25, -0.2) is 17.6 Å². The lowest BCUT2D eigenvalue weighted by Gasteiger charge is -2.11. The summed E-state index contributed by atoms with van der Waals surface area (Å²) in [6, 6.07) is 0. The third-order valence-electron chi connectivity index (χ3n) is 1.58. The van der Waals surface area contributed by atoms with E-state index in [0.717, 1.165) is 6.08 Å². The van der Waals surface area contributed by atoms with Crippen LogP contribution in [0.25, 0.3) is 0 Å². The molecule has 0 aliphatic rings. The van der Waals surface area contributed by atoms with Gasteiger partial charge in [0.1, 0.15) is 0 Å². The molecule has 0 radical (unpaired) electrons. The van der Waals surface area contributed by atoms with Gasteiger partial charge in [-0.05, 0) is 29.1 Å². The van der Waals surface area contributed by atoms with E-state index in [1.807, 2.05) is 0 Å². The molecule has 0 fully saturated rings. The van der Waals surface area contributed by atoms with Crippen molar-refractivity contribution < 1.29 is 17.6 Å². The van der Waals surface area contributed by atoms with Crippen LogP contribution in [0.15, 0.2) is 35.4 Å². The number of nitrogens with one attached hydrogen (secondary N) is 1. The van der Waals surface area contributed by atoms with Crippen LogP contribution in [0, 0.1) is 0 Å². The molecule has 0 atom stereocenters. The Kier molecular flexibility index (Phi) is 10.4. The second-order valence-electron chi connectivity index (χ2n) is 3.01. The molecule has 0 amide bonds. The number of hydrogen-bond donors (Lipinski definition) is 1. The zero-order valence-electron chi connectivity index (χ0n) is 9.80. The lowest BCUT2D eigenvalue weighted by molar-refractivity contribution is 0.000237. The van der Waals surface area contributed by atoms with E-state index in [1.54, 1.807) is 0 Å². The summed E-state index contributed by atoms with van der Waals surface area (Å²) in [4.78, 5) is 0. The molecule has 0 aromatic heterocycles. The van der Waals surface area contributed by atoms with Gasteiger partial charge < -0.3 is 5.32 Å². The van der Waals surface area contributed by atoms with Gasteiger partial charge >= 0.3 is 0 Å². The first-order valence-corrected chi connectivity index (χ1v) is 5.56. The Morgan fingerprint density at radius 3 is 2.00 bits per heavy atom. The molecule has 0 saturated carbocycles. The third kappa shape index (κ3) is 10.3. The molecule has 0 aliphatic heterocycles. The number of halogens is 5. The summed E-state index contributed by atoms with van der Waals surface area (Å²) in [7, 11) is 1.52. The first-order chi connectivity index (χ1) is 7.71. The number of alkyl halides is 2. The summed E-state index contributed by atoms with van der Waals surface area (Å²) in [5, 5.41) is 2.41. The van der Waals surface area contributed by atoms with Gasteiger partial charge in [0.2, 0.25) is 0 Å². The van der Waals surface area contributed by atoms with Crippen LogP contribution in [0.1, 0.15) is 13.3 Å². The fourth-order valence-electron chi connectivity index (χ4n) is 0.603. The summed E-state index contributed by atoms with van der Waals surface area (Å²) in [5.74, 6) is -4.53. The van der Waals surface area contributed by atoms with Crippen molar-refractivity contribution in [2.24, 2.45) is 0 Å². The normalized spacial score (nSPS) is 12.2. The Balaban J connectivity index is 0. The molecule has 1 nitrogen and oxygen atoms in total. The highest BCUT2D eigenvalue weighted by atomic mass is 79.9. The van der Waals surface area contributed by atoms with Crippen LogP contribution in [0.3, 0.4) is 0 Å². The summed E-state index contributed by atoms with van der Waals surface area (Å²) in [6.45, 7) is 7.40. The first-order valence-electron chi connectivity index (χ1n) is 4.76. The van der Waals surface area contributed by atoms with Gasteiger partial charge in [-0.1, -0.05) is 20.1 Å². The van der Waals surface area contributed by atoms with Crippen LogP contribution < -0.4 is 5.32 Å². The van der Waals surface area contributed by atoms with Crippen LogP contribution in [-0.4, -0.2) is 19.5 Å². The highest BCUT2D eigenvalue weighted by Crippen LogP contribution is 2.20. The summed E-state index contributed by atoms with van der Waals surface area (Å²) in [5.41, 5.74) is 0. The highest BCUT2D eigenvalue weighted by Gasteiger charge is 2.23. The van der Waals surface area contributed by atoms with Gasteiger partial charge in [0.15, 0.2) is 11.7 Å². The maximum atomic E-state index is 12.2. The summed E-state index contributed by atoms with van der Waals surface area (Å²) in [6.07, 6.45) is 0.690. The number of rotatable bonds is 5. The van der Waals surface area contributed by atoms with Gasteiger partial charge in [0.05, 0.1) is 6.54 Å². The molecule has 0 aromatic rings. The SMILES string of the molecule is C=C/C(F)=C(/F)C(=C)Br.CCC(F)(F)CNC. The quantitative estimate of drug-likeness (QED) is 0.582. The molecule has 0 heterocycles. The van der Waals surface area contributed by atoms with Gasteiger partial charge in [-0.2, -0.15) is 0 Å². The number of allylic oxidation sites excluding steroid dienone is 4. The standard InChI is InChI=1S/C6H5BrF2.C5H11F2N/c1-3-5(8)6(9)4(2)7;1-3-5(6,7)4-8-2/h3H,1-2H2;8H,3-4H2,1-2H3/b6-5-;. The molecule has 6 heteroatoms. The molecular formula is C11H16BrF4N. The predicted molar refractivity (Wildman–Crippen MR) is 66.7 cm³/mol. The van der Waals surface area contributed by atoms with Crippen LogP contribution in [0.5, 0.6) is 0 Å². The van der Waals surface area contributed by atoms with Gasteiger partial charge in [-0.15, -0.1) is 0 Å². The highest BCUT2D eigenvalue weighted by molar-refractivity contribution is 9.11. The van der Waals surface area contributed by atoms with Crippen molar-refractivity contribution in [2.75, 3.05) is 13.6 Å². The van der Waals surface area contributed by atoms with E-state index in [4.69, 9.17) is 0 Å². The maximum Gasteiger partial charge on any atom is 0.260 e. The lowest BCUT2D eigenvalue weighted by atomic mass is 10.3. The van der Waals surface area contributed by atoms with E-state index in [1.165, 1.54) is 14.0 Å². The first kappa shape index (κ1) is 18.7. The van der Waals surface area contributed by atoms with Crippen molar-refractivity contribution in [3.05, 3.63) is 35.4 Å². The van der Waals surface area contributed by atoms with Gasteiger partial charge in [0.25, 0.3) is 5.92 Å². The minimum Gasteiger partial charge on any atom is -0.314 e. The van der Waals surface area contributed by atoms with Crippen LogP contribution >= 0.6 is 15.9 Å². The average Bonchev–Trinajstić information content (AvgIpc) is 2.27. The summed E-state index contributed by atoms with van der Waals surface area (Å²) < 4.78 is 48.3. The summed E-state index contributed by atoms with van der Waals surface area (Å²) >= 11 is 2.67. The minimum absolute atomic E-state index is 0.0894. The Bertz CT molecular complexity index is 287. The largest absolute Gasteiger partial charge is 0.314 e. The topological polar surface area (TPSA) is 12.0 Å². The van der Waals surface area contributed by atoms with Crippen LogP contribution in [0.2, 0.25) is 0 Å². The van der Waals surface area contributed by atoms with Gasteiger partial charge in [-0.3, -0.25) is 0 Å². The Morgan fingerprint density at radius 1 is 1.41 bits per heavy atom. The molecule has 100 valence electrons. The minimum atomic E-state index is -2.52.